The zero-order valence-corrected chi connectivity index (χ0v) is 15.3. The van der Waals surface area contributed by atoms with Crippen LogP contribution in [0.1, 0.15) is 35.7 Å². The minimum absolute atomic E-state index is 0.0576. The Hall–Kier alpha value is -2.33. The van der Waals surface area contributed by atoms with E-state index in [0.717, 1.165) is 17.0 Å². The molecule has 2 atom stereocenters. The summed E-state index contributed by atoms with van der Waals surface area (Å²) in [6.07, 6.45) is 0.804. The molecule has 2 aromatic heterocycles. The molecule has 3 heterocycles. The van der Waals surface area contributed by atoms with E-state index in [9.17, 15) is 4.79 Å². The largest absolute Gasteiger partial charge is 0.379 e. The molecule has 1 saturated heterocycles. The number of hydrogen-bond acceptors (Lipinski definition) is 8. The fourth-order valence-corrected chi connectivity index (χ4v) is 2.88. The molecule has 1 N–H and O–H groups in total. The van der Waals surface area contributed by atoms with Gasteiger partial charge in [-0.3, -0.25) is 4.79 Å². The minimum atomic E-state index is -0.212. The number of ether oxygens (including phenoxy) is 2. The highest BCUT2D eigenvalue weighted by atomic mass is 16.5. The van der Waals surface area contributed by atoms with Crippen LogP contribution in [-0.4, -0.2) is 56.6 Å². The summed E-state index contributed by atoms with van der Waals surface area (Å²) in [5, 5.41) is 18.2. The maximum absolute atomic E-state index is 12.3. The Bertz CT molecular complexity index is 723. The van der Waals surface area contributed by atoms with Crippen molar-refractivity contribution in [1.29, 1.82) is 0 Å². The Balaban J connectivity index is 1.51. The fourth-order valence-electron chi connectivity index (χ4n) is 2.88. The van der Waals surface area contributed by atoms with Crippen LogP contribution in [-0.2, 0) is 27.4 Å². The zero-order valence-electron chi connectivity index (χ0n) is 15.3. The summed E-state index contributed by atoms with van der Waals surface area (Å²) in [5.74, 6) is 1.37. The summed E-state index contributed by atoms with van der Waals surface area (Å²) in [7, 11) is 0. The molecule has 0 saturated carbocycles. The van der Waals surface area contributed by atoms with Crippen molar-refractivity contribution in [3.63, 3.8) is 0 Å². The predicted octanol–water partition coefficient (Wildman–Crippen LogP) is 0.467. The molecule has 10 heteroatoms. The van der Waals surface area contributed by atoms with Crippen molar-refractivity contribution in [2.24, 2.45) is 0 Å². The summed E-state index contributed by atoms with van der Waals surface area (Å²) in [6.45, 7) is 7.41. The Labute approximate surface area is 151 Å². The van der Waals surface area contributed by atoms with Gasteiger partial charge in [0, 0.05) is 18.6 Å². The van der Waals surface area contributed by atoms with E-state index in [1.807, 2.05) is 13.8 Å². The molecule has 2 aromatic rings. The number of aromatic nitrogens is 5. The molecular weight excluding hydrogens is 340 g/mol. The highest BCUT2D eigenvalue weighted by molar-refractivity contribution is 5.76. The SMILES string of the molecule is Cc1noc(C)c1CO[C@@H]1COCC[C@H]1NC(=O)CCn1nnnc1C. The molecule has 3 rings (SSSR count). The van der Waals surface area contributed by atoms with Crippen LogP contribution in [0.4, 0.5) is 0 Å². The second-order valence-electron chi connectivity index (χ2n) is 6.39. The molecule has 0 unspecified atom stereocenters. The van der Waals surface area contributed by atoms with Crippen LogP contribution in [0.2, 0.25) is 0 Å². The number of carbonyl (C=O) groups excluding carboxylic acids is 1. The Morgan fingerprint density at radius 3 is 2.92 bits per heavy atom. The van der Waals surface area contributed by atoms with Gasteiger partial charge >= 0.3 is 0 Å². The average molecular weight is 364 g/mol. The van der Waals surface area contributed by atoms with Gasteiger partial charge in [0.15, 0.2) is 0 Å². The van der Waals surface area contributed by atoms with Crippen LogP contribution in [0, 0.1) is 20.8 Å². The third kappa shape index (κ3) is 4.44. The maximum Gasteiger partial charge on any atom is 0.222 e. The van der Waals surface area contributed by atoms with Gasteiger partial charge in [-0.15, -0.1) is 5.10 Å². The number of nitrogens with zero attached hydrogens (tertiary/aromatic N) is 5. The van der Waals surface area contributed by atoms with Crippen LogP contribution in [0.3, 0.4) is 0 Å². The van der Waals surface area contributed by atoms with Gasteiger partial charge in [0.1, 0.15) is 17.7 Å². The Morgan fingerprint density at radius 1 is 1.38 bits per heavy atom. The topological polar surface area (TPSA) is 117 Å². The van der Waals surface area contributed by atoms with E-state index < -0.39 is 0 Å². The molecule has 1 aliphatic rings. The standard InChI is InChI=1S/C16H24N6O4/c1-10-13(11(2)26-19-10)8-25-15-9-24-7-5-14(15)17-16(23)4-6-22-12(3)18-20-21-22/h14-15H,4-9H2,1-3H3,(H,17,23)/t14-,15-/m1/s1. The van der Waals surface area contributed by atoms with Crippen molar-refractivity contribution in [2.75, 3.05) is 13.2 Å². The van der Waals surface area contributed by atoms with Gasteiger partial charge in [-0.2, -0.15) is 0 Å². The van der Waals surface area contributed by atoms with Crippen LogP contribution in [0.5, 0.6) is 0 Å². The lowest BCUT2D eigenvalue weighted by atomic mass is 10.1. The molecule has 0 aliphatic carbocycles. The third-order valence-electron chi connectivity index (χ3n) is 4.54. The molecule has 1 fully saturated rings. The average Bonchev–Trinajstić information content (AvgIpc) is 3.18. The number of rotatable bonds is 7. The van der Waals surface area contributed by atoms with Gasteiger partial charge in [-0.1, -0.05) is 5.16 Å². The smallest absolute Gasteiger partial charge is 0.222 e. The first-order valence-electron chi connectivity index (χ1n) is 8.68. The molecular formula is C16H24N6O4. The van der Waals surface area contributed by atoms with Crippen LogP contribution < -0.4 is 5.32 Å². The van der Waals surface area contributed by atoms with E-state index in [-0.39, 0.29) is 18.1 Å². The maximum atomic E-state index is 12.3. The summed E-state index contributed by atoms with van der Waals surface area (Å²) >= 11 is 0. The zero-order chi connectivity index (χ0) is 18.5. The molecule has 1 aliphatic heterocycles. The summed E-state index contributed by atoms with van der Waals surface area (Å²) in [6, 6.07) is -0.0910. The van der Waals surface area contributed by atoms with Gasteiger partial charge < -0.3 is 19.3 Å². The normalized spacial score (nSPS) is 20.3. The van der Waals surface area contributed by atoms with Crippen molar-refractivity contribution in [3.8, 4) is 0 Å². The highest BCUT2D eigenvalue weighted by Crippen LogP contribution is 2.18. The molecule has 142 valence electrons. The van der Waals surface area contributed by atoms with Gasteiger partial charge in [0.2, 0.25) is 5.91 Å². The molecule has 0 aromatic carbocycles. The lowest BCUT2D eigenvalue weighted by Gasteiger charge is -2.32. The number of amides is 1. The van der Waals surface area contributed by atoms with Crippen LogP contribution in [0.15, 0.2) is 4.52 Å². The summed E-state index contributed by atoms with van der Waals surface area (Å²) in [5.41, 5.74) is 1.76. The molecule has 10 nitrogen and oxygen atoms in total. The quantitative estimate of drug-likeness (QED) is 0.753. The van der Waals surface area contributed by atoms with Crippen molar-refractivity contribution in [3.05, 3.63) is 22.8 Å². The Kier molecular flexibility index (Phi) is 5.94. The number of aryl methyl sites for hydroxylation is 4. The van der Waals surface area contributed by atoms with Crippen molar-refractivity contribution in [2.45, 2.75) is 58.9 Å². The minimum Gasteiger partial charge on any atom is -0.379 e. The monoisotopic (exact) mass is 364 g/mol. The van der Waals surface area contributed by atoms with Crippen LogP contribution >= 0.6 is 0 Å². The van der Waals surface area contributed by atoms with Gasteiger partial charge in [-0.05, 0) is 37.6 Å². The number of tetrazole rings is 1. The fraction of sp³-hybridized carbons (Fsp3) is 0.688. The predicted molar refractivity (Wildman–Crippen MR) is 89.1 cm³/mol. The first kappa shape index (κ1) is 18.5. The van der Waals surface area contributed by atoms with Crippen molar-refractivity contribution >= 4 is 5.91 Å². The van der Waals surface area contributed by atoms with Crippen molar-refractivity contribution in [1.82, 2.24) is 30.7 Å². The number of nitrogens with one attached hydrogen (secondary N) is 1. The van der Waals surface area contributed by atoms with E-state index in [4.69, 9.17) is 14.0 Å². The molecule has 0 spiro atoms. The lowest BCUT2D eigenvalue weighted by molar-refractivity contribution is -0.127. The first-order chi connectivity index (χ1) is 12.5. The number of carbonyl (C=O) groups is 1. The summed E-state index contributed by atoms with van der Waals surface area (Å²) < 4.78 is 18.3. The van der Waals surface area contributed by atoms with Gasteiger partial charge in [0.25, 0.3) is 0 Å². The van der Waals surface area contributed by atoms with Crippen LogP contribution in [0.25, 0.3) is 0 Å². The van der Waals surface area contributed by atoms with E-state index in [1.54, 1.807) is 11.6 Å². The third-order valence-corrected chi connectivity index (χ3v) is 4.54. The second-order valence-corrected chi connectivity index (χ2v) is 6.39. The second kappa shape index (κ2) is 8.37. The van der Waals surface area contributed by atoms with E-state index >= 15 is 0 Å². The molecule has 26 heavy (non-hydrogen) atoms. The summed E-state index contributed by atoms with van der Waals surface area (Å²) in [4.78, 5) is 12.3. The first-order valence-corrected chi connectivity index (χ1v) is 8.68. The van der Waals surface area contributed by atoms with Gasteiger partial charge in [0.05, 0.1) is 31.5 Å². The molecule has 0 radical (unpaired) electrons. The van der Waals surface area contributed by atoms with E-state index in [0.29, 0.717) is 45.0 Å². The van der Waals surface area contributed by atoms with Crippen molar-refractivity contribution < 1.29 is 18.8 Å². The number of hydrogen-bond donors (Lipinski definition) is 1. The molecule has 0 bridgehead atoms. The molecule has 1 amide bonds. The van der Waals surface area contributed by atoms with Gasteiger partial charge in [-0.25, -0.2) is 4.68 Å². The van der Waals surface area contributed by atoms with E-state index in [2.05, 4.69) is 26.0 Å². The Morgan fingerprint density at radius 2 is 2.23 bits per heavy atom. The van der Waals surface area contributed by atoms with E-state index in [1.165, 1.54) is 0 Å². The lowest BCUT2D eigenvalue weighted by Crippen LogP contribution is -2.50. The highest BCUT2D eigenvalue weighted by Gasteiger charge is 2.28.